The Labute approximate surface area is 185 Å². The molecule has 1 aromatic heterocycles. The number of aromatic nitrogens is 2. The summed E-state index contributed by atoms with van der Waals surface area (Å²) in [6.07, 6.45) is 4.86. The van der Waals surface area contributed by atoms with Gasteiger partial charge in [-0.2, -0.15) is 0 Å². The van der Waals surface area contributed by atoms with Crippen LogP contribution in [0.3, 0.4) is 0 Å². The molecule has 0 saturated carbocycles. The SMILES string of the molecule is CCCCCCn1c(-c2ccccc2)nc(-c2ccccc2)c1-c1ccc(OC)cc1. The highest BCUT2D eigenvalue weighted by molar-refractivity contribution is 5.82. The smallest absolute Gasteiger partial charge is 0.141 e. The van der Waals surface area contributed by atoms with Crippen molar-refractivity contribution in [3.05, 3.63) is 84.9 Å². The minimum Gasteiger partial charge on any atom is -0.497 e. The van der Waals surface area contributed by atoms with Gasteiger partial charge in [-0.05, 0) is 30.7 Å². The number of methoxy groups -OCH3 is 1. The van der Waals surface area contributed by atoms with E-state index >= 15 is 0 Å². The van der Waals surface area contributed by atoms with Crippen LogP contribution in [0.4, 0.5) is 0 Å². The van der Waals surface area contributed by atoms with Gasteiger partial charge in [-0.25, -0.2) is 4.98 Å². The third-order valence-electron chi connectivity index (χ3n) is 5.65. The van der Waals surface area contributed by atoms with E-state index in [1.54, 1.807) is 7.11 Å². The van der Waals surface area contributed by atoms with Gasteiger partial charge in [0, 0.05) is 23.2 Å². The minimum absolute atomic E-state index is 0.863. The van der Waals surface area contributed by atoms with Crippen LogP contribution < -0.4 is 4.74 Å². The van der Waals surface area contributed by atoms with Crippen molar-refractivity contribution in [3.8, 4) is 39.7 Å². The maximum atomic E-state index is 5.39. The Bertz CT molecular complexity index is 1080. The number of hydrogen-bond acceptors (Lipinski definition) is 2. The zero-order valence-electron chi connectivity index (χ0n) is 18.4. The molecule has 0 aliphatic heterocycles. The molecule has 0 aliphatic carbocycles. The van der Waals surface area contributed by atoms with Gasteiger partial charge in [-0.1, -0.05) is 86.8 Å². The Balaban J connectivity index is 1.90. The zero-order chi connectivity index (χ0) is 21.5. The average molecular weight is 411 g/mol. The van der Waals surface area contributed by atoms with Crippen molar-refractivity contribution in [2.75, 3.05) is 7.11 Å². The summed E-state index contributed by atoms with van der Waals surface area (Å²) in [6, 6.07) is 29.4. The maximum absolute atomic E-state index is 5.39. The van der Waals surface area contributed by atoms with Crippen LogP contribution in [0.25, 0.3) is 33.9 Å². The highest BCUT2D eigenvalue weighted by atomic mass is 16.5. The number of ether oxygens (including phenoxy) is 1. The van der Waals surface area contributed by atoms with E-state index < -0.39 is 0 Å². The first-order valence-corrected chi connectivity index (χ1v) is 11.2. The molecule has 0 atom stereocenters. The summed E-state index contributed by atoms with van der Waals surface area (Å²) in [6.45, 7) is 3.20. The molecule has 0 N–H and O–H groups in total. The molecule has 0 fully saturated rings. The van der Waals surface area contributed by atoms with Crippen molar-refractivity contribution in [2.45, 2.75) is 39.2 Å². The summed E-state index contributed by atoms with van der Waals surface area (Å²) in [5.41, 5.74) is 5.64. The first kappa shape index (κ1) is 20.9. The first-order valence-electron chi connectivity index (χ1n) is 11.2. The molecule has 0 aliphatic rings. The second-order valence-corrected chi connectivity index (χ2v) is 7.81. The number of benzene rings is 3. The number of hydrogen-bond donors (Lipinski definition) is 0. The van der Waals surface area contributed by atoms with Crippen molar-refractivity contribution in [2.24, 2.45) is 0 Å². The fourth-order valence-corrected chi connectivity index (χ4v) is 4.01. The quantitative estimate of drug-likeness (QED) is 0.268. The van der Waals surface area contributed by atoms with E-state index in [2.05, 4.69) is 84.3 Å². The van der Waals surface area contributed by atoms with E-state index in [1.165, 1.54) is 25.0 Å². The lowest BCUT2D eigenvalue weighted by Crippen LogP contribution is -2.03. The van der Waals surface area contributed by atoms with Gasteiger partial charge >= 0.3 is 0 Å². The van der Waals surface area contributed by atoms with Gasteiger partial charge in [0.25, 0.3) is 0 Å². The molecule has 0 saturated heterocycles. The summed E-state index contributed by atoms with van der Waals surface area (Å²) in [5, 5.41) is 0. The molecule has 0 unspecified atom stereocenters. The Morgan fingerprint density at radius 2 is 1.35 bits per heavy atom. The molecule has 158 valence electrons. The summed E-state index contributed by atoms with van der Waals surface area (Å²) in [7, 11) is 1.70. The van der Waals surface area contributed by atoms with Gasteiger partial charge in [0.05, 0.1) is 18.5 Å². The molecule has 0 spiro atoms. The van der Waals surface area contributed by atoms with Crippen molar-refractivity contribution < 1.29 is 4.74 Å². The molecule has 4 aromatic rings. The Hall–Kier alpha value is -3.33. The lowest BCUT2D eigenvalue weighted by molar-refractivity contribution is 0.415. The van der Waals surface area contributed by atoms with E-state index in [9.17, 15) is 0 Å². The molecule has 1 heterocycles. The third kappa shape index (κ3) is 4.72. The van der Waals surface area contributed by atoms with Crippen LogP contribution in [-0.4, -0.2) is 16.7 Å². The van der Waals surface area contributed by atoms with Crippen molar-refractivity contribution in [1.29, 1.82) is 0 Å². The molecular formula is C28H30N2O. The number of rotatable bonds is 9. The fraction of sp³-hybridized carbons (Fsp3) is 0.250. The lowest BCUT2D eigenvalue weighted by atomic mass is 10.0. The van der Waals surface area contributed by atoms with E-state index in [0.29, 0.717) is 0 Å². The highest BCUT2D eigenvalue weighted by Gasteiger charge is 2.21. The molecule has 4 rings (SSSR count). The molecule has 0 radical (unpaired) electrons. The minimum atomic E-state index is 0.863. The Kier molecular flexibility index (Phi) is 6.83. The van der Waals surface area contributed by atoms with Crippen LogP contribution in [-0.2, 0) is 6.54 Å². The lowest BCUT2D eigenvalue weighted by Gasteiger charge is -2.14. The molecule has 0 bridgehead atoms. The summed E-state index contributed by atoms with van der Waals surface area (Å²) in [4.78, 5) is 5.20. The summed E-state index contributed by atoms with van der Waals surface area (Å²) < 4.78 is 7.81. The standard InChI is InChI=1S/C28H30N2O/c1-3-4-5-12-21-30-27(23-17-19-25(31-2)20-18-23)26(22-13-8-6-9-14-22)29-28(30)24-15-10-7-11-16-24/h6-11,13-20H,3-5,12,21H2,1-2H3. The molecule has 3 nitrogen and oxygen atoms in total. The Morgan fingerprint density at radius 1 is 0.710 bits per heavy atom. The van der Waals surface area contributed by atoms with Crippen molar-refractivity contribution >= 4 is 0 Å². The predicted octanol–water partition coefficient (Wildman–Crippen LogP) is 7.47. The second-order valence-electron chi connectivity index (χ2n) is 7.81. The molecule has 0 amide bonds. The van der Waals surface area contributed by atoms with Crippen LogP contribution in [0.15, 0.2) is 84.9 Å². The fourth-order valence-electron chi connectivity index (χ4n) is 4.01. The summed E-state index contributed by atoms with van der Waals surface area (Å²) >= 11 is 0. The van der Waals surface area contributed by atoms with E-state index in [1.807, 2.05) is 12.1 Å². The monoisotopic (exact) mass is 410 g/mol. The highest BCUT2D eigenvalue weighted by Crippen LogP contribution is 2.37. The normalized spacial score (nSPS) is 10.9. The van der Waals surface area contributed by atoms with Gasteiger partial charge in [-0.15, -0.1) is 0 Å². The molecule has 3 aromatic carbocycles. The van der Waals surface area contributed by atoms with Gasteiger partial charge in [0.15, 0.2) is 0 Å². The van der Waals surface area contributed by atoms with E-state index in [4.69, 9.17) is 9.72 Å². The largest absolute Gasteiger partial charge is 0.497 e. The first-order chi connectivity index (χ1) is 15.3. The van der Waals surface area contributed by atoms with Gasteiger partial charge in [0.2, 0.25) is 0 Å². The Morgan fingerprint density at radius 3 is 1.97 bits per heavy atom. The number of nitrogens with zero attached hydrogens (tertiary/aromatic N) is 2. The van der Waals surface area contributed by atoms with Crippen LogP contribution in [0, 0.1) is 0 Å². The average Bonchev–Trinajstić information content (AvgIpc) is 3.22. The molecule has 31 heavy (non-hydrogen) atoms. The van der Waals surface area contributed by atoms with Crippen LogP contribution in [0.5, 0.6) is 5.75 Å². The zero-order valence-corrected chi connectivity index (χ0v) is 18.4. The van der Waals surface area contributed by atoms with Gasteiger partial charge < -0.3 is 9.30 Å². The third-order valence-corrected chi connectivity index (χ3v) is 5.65. The van der Waals surface area contributed by atoms with Gasteiger partial charge in [-0.3, -0.25) is 0 Å². The van der Waals surface area contributed by atoms with Crippen LogP contribution in [0.1, 0.15) is 32.6 Å². The maximum Gasteiger partial charge on any atom is 0.141 e. The van der Waals surface area contributed by atoms with E-state index in [-0.39, 0.29) is 0 Å². The van der Waals surface area contributed by atoms with Crippen LogP contribution in [0.2, 0.25) is 0 Å². The van der Waals surface area contributed by atoms with Gasteiger partial charge in [0.1, 0.15) is 11.6 Å². The molecular weight excluding hydrogens is 380 g/mol. The van der Waals surface area contributed by atoms with Crippen molar-refractivity contribution in [3.63, 3.8) is 0 Å². The van der Waals surface area contributed by atoms with E-state index in [0.717, 1.165) is 46.9 Å². The number of imidazole rings is 1. The summed E-state index contributed by atoms with van der Waals surface area (Å²) in [5.74, 6) is 1.89. The predicted molar refractivity (Wildman–Crippen MR) is 129 cm³/mol. The van der Waals surface area contributed by atoms with Crippen LogP contribution >= 0.6 is 0 Å². The topological polar surface area (TPSA) is 27.1 Å². The second kappa shape index (κ2) is 10.1. The van der Waals surface area contributed by atoms with Crippen molar-refractivity contribution in [1.82, 2.24) is 9.55 Å². The molecule has 3 heteroatoms. The number of unbranched alkanes of at least 4 members (excludes halogenated alkanes) is 3.